The van der Waals surface area contributed by atoms with Crippen molar-refractivity contribution in [2.45, 2.75) is 11.8 Å². The van der Waals surface area contributed by atoms with Crippen LogP contribution in [0.4, 0.5) is 13.2 Å². The molecule has 1 heterocycles. The van der Waals surface area contributed by atoms with Crippen molar-refractivity contribution in [3.8, 4) is 0 Å². The van der Waals surface area contributed by atoms with Crippen molar-refractivity contribution in [1.29, 1.82) is 0 Å². The number of halogens is 4. The van der Waals surface area contributed by atoms with E-state index < -0.39 is 22.3 Å². The number of aryl methyl sites for hydroxylation is 1. The SMILES string of the molecule is Cc1ccsc1C(Br)c1cc(F)c(F)cc1F. The van der Waals surface area contributed by atoms with Gasteiger partial charge in [0.05, 0.1) is 4.83 Å². The molecule has 0 aliphatic carbocycles. The van der Waals surface area contributed by atoms with Crippen molar-refractivity contribution < 1.29 is 13.2 Å². The van der Waals surface area contributed by atoms with Gasteiger partial charge in [-0.25, -0.2) is 13.2 Å². The van der Waals surface area contributed by atoms with E-state index in [0.29, 0.717) is 6.07 Å². The molecule has 1 unspecified atom stereocenters. The second kappa shape index (κ2) is 4.82. The molecule has 0 N–H and O–H groups in total. The van der Waals surface area contributed by atoms with Crippen LogP contribution in [0.2, 0.25) is 0 Å². The third kappa shape index (κ3) is 2.40. The first kappa shape index (κ1) is 12.6. The van der Waals surface area contributed by atoms with Crippen molar-refractivity contribution in [2.75, 3.05) is 0 Å². The molecule has 0 amide bonds. The summed E-state index contributed by atoms with van der Waals surface area (Å²) in [6, 6.07) is 3.36. The van der Waals surface area contributed by atoms with Crippen molar-refractivity contribution >= 4 is 27.3 Å². The second-order valence-electron chi connectivity index (χ2n) is 3.62. The molecule has 0 radical (unpaired) electrons. The Hall–Kier alpha value is -0.810. The molecular weight excluding hydrogens is 313 g/mol. The van der Waals surface area contributed by atoms with E-state index in [2.05, 4.69) is 15.9 Å². The molecule has 1 aromatic heterocycles. The third-order valence-electron chi connectivity index (χ3n) is 2.44. The van der Waals surface area contributed by atoms with E-state index in [1.165, 1.54) is 11.3 Å². The Morgan fingerprint density at radius 1 is 1.12 bits per heavy atom. The lowest BCUT2D eigenvalue weighted by Gasteiger charge is -2.11. The average Bonchev–Trinajstić information content (AvgIpc) is 2.69. The molecule has 0 saturated carbocycles. The van der Waals surface area contributed by atoms with Crippen LogP contribution in [0.15, 0.2) is 23.6 Å². The highest BCUT2D eigenvalue weighted by atomic mass is 79.9. The van der Waals surface area contributed by atoms with Gasteiger partial charge in [-0.1, -0.05) is 15.9 Å². The molecule has 0 spiro atoms. The smallest absolute Gasteiger partial charge is 0.161 e. The molecule has 0 nitrogen and oxygen atoms in total. The van der Waals surface area contributed by atoms with Crippen LogP contribution in [0.3, 0.4) is 0 Å². The molecule has 0 saturated heterocycles. The van der Waals surface area contributed by atoms with Crippen LogP contribution >= 0.6 is 27.3 Å². The number of hydrogen-bond donors (Lipinski definition) is 0. The zero-order valence-corrected chi connectivity index (χ0v) is 11.2. The van der Waals surface area contributed by atoms with Gasteiger partial charge in [0, 0.05) is 16.5 Å². The minimum absolute atomic E-state index is 0.106. The summed E-state index contributed by atoms with van der Waals surface area (Å²) in [5, 5.41) is 1.87. The Bertz CT molecular complexity index is 551. The maximum Gasteiger partial charge on any atom is 0.161 e. The van der Waals surface area contributed by atoms with Crippen LogP contribution in [0.5, 0.6) is 0 Å². The van der Waals surface area contributed by atoms with Crippen LogP contribution < -0.4 is 0 Å². The Morgan fingerprint density at radius 3 is 2.35 bits per heavy atom. The minimum atomic E-state index is -1.17. The van der Waals surface area contributed by atoms with E-state index in [1.807, 2.05) is 18.4 Å². The zero-order valence-electron chi connectivity index (χ0n) is 8.81. The fraction of sp³-hybridized carbons (Fsp3) is 0.167. The summed E-state index contributed by atoms with van der Waals surface area (Å²) in [5.74, 6) is -2.97. The lowest BCUT2D eigenvalue weighted by molar-refractivity contribution is 0.491. The van der Waals surface area contributed by atoms with Gasteiger partial charge in [-0.15, -0.1) is 11.3 Å². The normalized spacial score (nSPS) is 12.8. The van der Waals surface area contributed by atoms with E-state index in [9.17, 15) is 13.2 Å². The molecule has 17 heavy (non-hydrogen) atoms. The Morgan fingerprint density at radius 2 is 1.76 bits per heavy atom. The highest BCUT2D eigenvalue weighted by Crippen LogP contribution is 2.37. The molecular formula is C12H8BrF3S. The van der Waals surface area contributed by atoms with Gasteiger partial charge < -0.3 is 0 Å². The van der Waals surface area contributed by atoms with Gasteiger partial charge in [-0.3, -0.25) is 0 Å². The highest BCUT2D eigenvalue weighted by molar-refractivity contribution is 9.09. The summed E-state index contributed by atoms with van der Waals surface area (Å²) < 4.78 is 39.5. The van der Waals surface area contributed by atoms with Crippen molar-refractivity contribution in [1.82, 2.24) is 0 Å². The van der Waals surface area contributed by atoms with E-state index >= 15 is 0 Å². The van der Waals surface area contributed by atoms with Gasteiger partial charge >= 0.3 is 0 Å². The molecule has 1 aromatic carbocycles. The predicted octanol–water partition coefficient (Wildman–Crippen LogP) is 4.96. The number of benzene rings is 1. The van der Waals surface area contributed by atoms with Crippen molar-refractivity contribution in [2.24, 2.45) is 0 Å². The topological polar surface area (TPSA) is 0 Å². The minimum Gasteiger partial charge on any atom is -0.207 e. The molecule has 0 aliphatic heterocycles. The molecule has 90 valence electrons. The summed E-state index contributed by atoms with van der Waals surface area (Å²) in [6.07, 6.45) is 0. The molecule has 0 fully saturated rings. The van der Waals surface area contributed by atoms with E-state index in [-0.39, 0.29) is 5.56 Å². The van der Waals surface area contributed by atoms with Gasteiger partial charge in [0.25, 0.3) is 0 Å². The van der Waals surface area contributed by atoms with Crippen LogP contribution in [-0.2, 0) is 0 Å². The predicted molar refractivity (Wildman–Crippen MR) is 66.1 cm³/mol. The van der Waals surface area contributed by atoms with Crippen LogP contribution in [0.25, 0.3) is 0 Å². The number of thiophene rings is 1. The monoisotopic (exact) mass is 320 g/mol. The summed E-state index contributed by atoms with van der Waals surface area (Å²) in [5.41, 5.74) is 1.09. The fourth-order valence-electron chi connectivity index (χ4n) is 1.52. The first-order valence-corrected chi connectivity index (χ1v) is 6.62. The number of hydrogen-bond acceptors (Lipinski definition) is 1. The van der Waals surface area contributed by atoms with Gasteiger partial charge in [-0.2, -0.15) is 0 Å². The maximum absolute atomic E-state index is 13.6. The lowest BCUT2D eigenvalue weighted by atomic mass is 10.1. The standard InChI is InChI=1S/C12H8BrF3S/c1-6-2-3-17-12(6)11(13)7-4-9(15)10(16)5-8(7)14/h2-5,11H,1H3. The van der Waals surface area contributed by atoms with Gasteiger partial charge in [0.1, 0.15) is 5.82 Å². The summed E-state index contributed by atoms with van der Waals surface area (Å²) in [7, 11) is 0. The zero-order chi connectivity index (χ0) is 12.6. The third-order valence-corrected chi connectivity index (χ3v) is 4.78. The molecule has 5 heteroatoms. The maximum atomic E-state index is 13.6. The van der Waals surface area contributed by atoms with Gasteiger partial charge in [0.15, 0.2) is 11.6 Å². The Labute approximate surface area is 109 Å². The second-order valence-corrected chi connectivity index (χ2v) is 5.48. The Balaban J connectivity index is 2.48. The number of alkyl halides is 1. The average molecular weight is 321 g/mol. The van der Waals surface area contributed by atoms with E-state index in [1.54, 1.807) is 0 Å². The van der Waals surface area contributed by atoms with E-state index in [4.69, 9.17) is 0 Å². The quantitative estimate of drug-likeness (QED) is 0.542. The summed E-state index contributed by atoms with van der Waals surface area (Å²) in [6.45, 7) is 1.89. The van der Waals surface area contributed by atoms with Crippen LogP contribution in [0.1, 0.15) is 20.8 Å². The van der Waals surface area contributed by atoms with Crippen LogP contribution in [0, 0.1) is 24.4 Å². The summed E-state index contributed by atoms with van der Waals surface area (Å²) >= 11 is 4.76. The Kier molecular flexibility index (Phi) is 3.58. The van der Waals surface area contributed by atoms with Crippen molar-refractivity contribution in [3.05, 3.63) is 57.0 Å². The molecule has 2 rings (SSSR count). The fourth-order valence-corrected chi connectivity index (χ4v) is 3.47. The molecule has 1 atom stereocenters. The highest BCUT2D eigenvalue weighted by Gasteiger charge is 2.20. The number of rotatable bonds is 2. The molecule has 2 aromatic rings. The van der Waals surface area contributed by atoms with Gasteiger partial charge in [0.2, 0.25) is 0 Å². The van der Waals surface area contributed by atoms with Gasteiger partial charge in [-0.05, 0) is 30.0 Å². The van der Waals surface area contributed by atoms with Crippen LogP contribution in [-0.4, -0.2) is 0 Å². The first-order chi connectivity index (χ1) is 8.00. The molecule has 0 bridgehead atoms. The molecule has 0 aliphatic rings. The van der Waals surface area contributed by atoms with Crippen molar-refractivity contribution in [3.63, 3.8) is 0 Å². The van der Waals surface area contributed by atoms with E-state index in [0.717, 1.165) is 16.5 Å². The summed E-state index contributed by atoms with van der Waals surface area (Å²) in [4.78, 5) is 0.424. The first-order valence-electron chi connectivity index (χ1n) is 4.83. The lowest BCUT2D eigenvalue weighted by Crippen LogP contribution is -1.99. The largest absolute Gasteiger partial charge is 0.207 e.